The molecule has 1 heterocycles. The maximum absolute atomic E-state index is 12.3. The van der Waals surface area contributed by atoms with Gasteiger partial charge in [-0.2, -0.15) is 0 Å². The number of nitrogens with two attached hydrogens (primary N) is 1. The molecule has 4 nitrogen and oxygen atoms in total. The zero-order chi connectivity index (χ0) is 14.1. The lowest BCUT2D eigenvalue weighted by Gasteiger charge is -2.19. The second kappa shape index (κ2) is 8.48. The number of hydrogen-bond acceptors (Lipinski definition) is 4. The number of nitrogens with zero attached hydrogens (tertiary/aromatic N) is 1. The van der Waals surface area contributed by atoms with Crippen LogP contribution in [0.3, 0.4) is 0 Å². The number of carbonyl (C=O) groups is 1. The molecule has 2 fully saturated rings. The van der Waals surface area contributed by atoms with Crippen LogP contribution in [-0.4, -0.2) is 16.9 Å². The number of thiazole rings is 1. The fraction of sp³-hybridized carbons (Fsp3) is 0.733. The fourth-order valence-corrected chi connectivity index (χ4v) is 4.05. The largest absolute Gasteiger partial charge is 0.347 e. The van der Waals surface area contributed by atoms with Crippen LogP contribution >= 0.6 is 36.2 Å². The summed E-state index contributed by atoms with van der Waals surface area (Å²) in [6, 6.07) is 0.334. The minimum absolute atomic E-state index is 0. The first-order valence-electron chi connectivity index (χ1n) is 7.60. The normalized spacial score (nSPS) is 25.0. The lowest BCUT2D eigenvalue weighted by molar-refractivity contribution is -0.123. The maximum Gasteiger partial charge on any atom is 0.220 e. The van der Waals surface area contributed by atoms with Gasteiger partial charge in [-0.15, -0.1) is 36.2 Å². The zero-order valence-electron chi connectivity index (χ0n) is 12.8. The maximum atomic E-state index is 12.3. The van der Waals surface area contributed by atoms with E-state index in [0.29, 0.717) is 18.3 Å². The van der Waals surface area contributed by atoms with Crippen molar-refractivity contribution in [3.8, 4) is 0 Å². The van der Waals surface area contributed by atoms with E-state index >= 15 is 0 Å². The molecule has 1 aromatic rings. The molecule has 1 aromatic heterocycles. The minimum atomic E-state index is 0. The molecule has 1 unspecified atom stereocenters. The molecule has 0 radical (unpaired) electrons. The molecule has 0 aromatic carbocycles. The van der Waals surface area contributed by atoms with Crippen molar-refractivity contribution in [1.29, 1.82) is 0 Å². The number of aromatic nitrogens is 1. The van der Waals surface area contributed by atoms with Crippen molar-refractivity contribution in [1.82, 2.24) is 10.3 Å². The summed E-state index contributed by atoms with van der Waals surface area (Å²) in [6.45, 7) is 2.00. The summed E-state index contributed by atoms with van der Waals surface area (Å²) in [4.78, 5) is 16.8. The SMILES string of the molecule is Cc1csc(C(NC(=O)C[C@@H]2CCC[C@H]2N)C2CC2)n1.Cl.Cl. The van der Waals surface area contributed by atoms with Crippen LogP contribution in [0.25, 0.3) is 0 Å². The Kier molecular flexibility index (Phi) is 7.59. The van der Waals surface area contributed by atoms with Gasteiger partial charge in [-0.1, -0.05) is 6.42 Å². The van der Waals surface area contributed by atoms with Crippen molar-refractivity contribution in [3.05, 3.63) is 16.1 Å². The Labute approximate surface area is 148 Å². The quantitative estimate of drug-likeness (QED) is 0.840. The predicted octanol–water partition coefficient (Wildman–Crippen LogP) is 3.38. The van der Waals surface area contributed by atoms with Crippen LogP contribution in [0, 0.1) is 18.8 Å². The van der Waals surface area contributed by atoms with Gasteiger partial charge in [-0.3, -0.25) is 4.79 Å². The summed E-state index contributed by atoms with van der Waals surface area (Å²) in [5.41, 5.74) is 7.10. The Hall–Kier alpha value is -0.360. The van der Waals surface area contributed by atoms with E-state index in [2.05, 4.69) is 15.7 Å². The van der Waals surface area contributed by atoms with Crippen LogP contribution in [0.1, 0.15) is 55.3 Å². The van der Waals surface area contributed by atoms with Crippen LogP contribution in [0.15, 0.2) is 5.38 Å². The number of carbonyl (C=O) groups excluding carboxylic acids is 1. The molecule has 0 saturated heterocycles. The van der Waals surface area contributed by atoms with Crippen LogP contribution in [0.5, 0.6) is 0 Å². The van der Waals surface area contributed by atoms with Crippen molar-refractivity contribution in [2.75, 3.05) is 0 Å². The van der Waals surface area contributed by atoms with Crippen molar-refractivity contribution in [2.45, 2.75) is 57.5 Å². The van der Waals surface area contributed by atoms with E-state index in [0.717, 1.165) is 30.0 Å². The van der Waals surface area contributed by atoms with Gasteiger partial charge in [0.05, 0.1) is 6.04 Å². The Bertz CT molecular complexity index is 493. The van der Waals surface area contributed by atoms with Gasteiger partial charge in [0.1, 0.15) is 5.01 Å². The fourth-order valence-electron chi connectivity index (χ4n) is 3.12. The minimum Gasteiger partial charge on any atom is -0.347 e. The Morgan fingerprint density at radius 1 is 1.41 bits per heavy atom. The number of aryl methyl sites for hydroxylation is 1. The highest BCUT2D eigenvalue weighted by Crippen LogP contribution is 2.42. The molecule has 2 aliphatic rings. The summed E-state index contributed by atoms with van der Waals surface area (Å²) in [6.07, 6.45) is 6.30. The molecule has 0 aliphatic heterocycles. The summed E-state index contributed by atoms with van der Waals surface area (Å²) in [7, 11) is 0. The highest BCUT2D eigenvalue weighted by Gasteiger charge is 2.36. The third-order valence-corrected chi connectivity index (χ3v) is 5.52. The summed E-state index contributed by atoms with van der Waals surface area (Å²) < 4.78 is 0. The Morgan fingerprint density at radius 3 is 2.64 bits per heavy atom. The first-order chi connectivity index (χ1) is 9.63. The van der Waals surface area contributed by atoms with Gasteiger partial charge >= 0.3 is 0 Å². The van der Waals surface area contributed by atoms with Gasteiger partial charge in [-0.25, -0.2) is 4.98 Å². The van der Waals surface area contributed by atoms with Gasteiger partial charge in [-0.05, 0) is 44.4 Å². The molecular formula is C15H25Cl2N3OS. The number of hydrogen-bond donors (Lipinski definition) is 2. The molecule has 3 atom stereocenters. The van der Waals surface area contributed by atoms with Gasteiger partial charge < -0.3 is 11.1 Å². The van der Waals surface area contributed by atoms with Gasteiger partial charge in [0.25, 0.3) is 0 Å². The van der Waals surface area contributed by atoms with E-state index in [1.165, 1.54) is 12.8 Å². The highest BCUT2D eigenvalue weighted by atomic mass is 35.5. The van der Waals surface area contributed by atoms with E-state index in [1.54, 1.807) is 11.3 Å². The molecular weight excluding hydrogens is 341 g/mol. The van der Waals surface area contributed by atoms with Crippen molar-refractivity contribution >= 4 is 42.1 Å². The molecule has 1 amide bonds. The number of rotatable bonds is 5. The molecule has 0 bridgehead atoms. The third kappa shape index (κ3) is 4.82. The van der Waals surface area contributed by atoms with E-state index in [4.69, 9.17) is 5.73 Å². The molecule has 3 rings (SSSR count). The second-order valence-electron chi connectivity index (χ2n) is 6.27. The van der Waals surface area contributed by atoms with Crippen LogP contribution in [0.2, 0.25) is 0 Å². The van der Waals surface area contributed by atoms with Crippen molar-refractivity contribution < 1.29 is 4.79 Å². The first-order valence-corrected chi connectivity index (χ1v) is 8.48. The zero-order valence-corrected chi connectivity index (χ0v) is 15.2. The van der Waals surface area contributed by atoms with Crippen LogP contribution in [-0.2, 0) is 4.79 Å². The molecule has 2 saturated carbocycles. The standard InChI is InChI=1S/C15H23N3OS.2ClH/c1-9-8-20-15(17-9)14(10-5-6-10)18-13(19)7-11-3-2-4-12(11)16;;/h8,10-12,14H,2-7,16H2,1H3,(H,18,19);2*1H/t11-,12+,14?;;/m0../s1. The average molecular weight is 366 g/mol. The van der Waals surface area contributed by atoms with Crippen molar-refractivity contribution in [3.63, 3.8) is 0 Å². The van der Waals surface area contributed by atoms with Gasteiger partial charge in [0, 0.05) is 23.5 Å². The lowest BCUT2D eigenvalue weighted by atomic mass is 9.99. The van der Waals surface area contributed by atoms with E-state index < -0.39 is 0 Å². The summed E-state index contributed by atoms with van der Waals surface area (Å²) in [5, 5.41) is 6.33. The molecule has 3 N–H and O–H groups in total. The first kappa shape index (κ1) is 19.7. The summed E-state index contributed by atoms with van der Waals surface area (Å²) >= 11 is 1.66. The lowest BCUT2D eigenvalue weighted by Crippen LogP contribution is -2.34. The molecule has 2 aliphatic carbocycles. The summed E-state index contributed by atoms with van der Waals surface area (Å²) in [5.74, 6) is 1.10. The van der Waals surface area contributed by atoms with Gasteiger partial charge in [0.15, 0.2) is 0 Å². The van der Waals surface area contributed by atoms with E-state index in [9.17, 15) is 4.79 Å². The topological polar surface area (TPSA) is 68.0 Å². The number of nitrogens with one attached hydrogen (secondary N) is 1. The molecule has 126 valence electrons. The Morgan fingerprint density at radius 2 is 2.14 bits per heavy atom. The van der Waals surface area contributed by atoms with Crippen molar-refractivity contribution in [2.24, 2.45) is 17.6 Å². The highest BCUT2D eigenvalue weighted by molar-refractivity contribution is 7.09. The third-order valence-electron chi connectivity index (χ3n) is 4.48. The van der Waals surface area contributed by atoms with E-state index in [1.807, 2.05) is 6.92 Å². The predicted molar refractivity (Wildman–Crippen MR) is 94.9 cm³/mol. The molecule has 22 heavy (non-hydrogen) atoms. The average Bonchev–Trinajstić information content (AvgIpc) is 3.05. The molecule has 7 heteroatoms. The van der Waals surface area contributed by atoms with Gasteiger partial charge in [0.2, 0.25) is 5.91 Å². The number of halogens is 2. The monoisotopic (exact) mass is 365 g/mol. The second-order valence-corrected chi connectivity index (χ2v) is 7.16. The van der Waals surface area contributed by atoms with Crippen LogP contribution < -0.4 is 11.1 Å². The molecule has 0 spiro atoms. The van der Waals surface area contributed by atoms with Crippen LogP contribution in [0.4, 0.5) is 0 Å². The smallest absolute Gasteiger partial charge is 0.220 e. The van der Waals surface area contributed by atoms with E-state index in [-0.39, 0.29) is 42.8 Å². The number of amides is 1. The Balaban J connectivity index is 0.00000121.